The van der Waals surface area contributed by atoms with E-state index in [9.17, 15) is 14.4 Å². The molecule has 1 rings (SSSR count). The van der Waals surface area contributed by atoms with Crippen LogP contribution in [0.25, 0.3) is 0 Å². The van der Waals surface area contributed by atoms with Gasteiger partial charge in [-0.2, -0.15) is 0 Å². The van der Waals surface area contributed by atoms with Crippen LogP contribution in [0.3, 0.4) is 0 Å². The number of aromatic carboxylic acids is 1. The number of urea groups is 1. The van der Waals surface area contributed by atoms with Crippen LogP contribution in [0.5, 0.6) is 0 Å². The van der Waals surface area contributed by atoms with Gasteiger partial charge in [-0.15, -0.1) is 0 Å². The quantitative estimate of drug-likeness (QED) is 0.644. The van der Waals surface area contributed by atoms with Gasteiger partial charge in [0.25, 0.3) is 0 Å². The van der Waals surface area contributed by atoms with Gasteiger partial charge in [0.1, 0.15) is 0 Å². The molecule has 1 atom stereocenters. The van der Waals surface area contributed by atoms with Crippen LogP contribution in [0.4, 0.5) is 10.5 Å². The van der Waals surface area contributed by atoms with Crippen LogP contribution in [-0.4, -0.2) is 29.1 Å². The number of nitrogens with one attached hydrogen (secondary N) is 2. The van der Waals surface area contributed by atoms with Gasteiger partial charge in [0.05, 0.1) is 5.56 Å². The second-order valence-electron chi connectivity index (χ2n) is 4.45. The van der Waals surface area contributed by atoms with Crippen LogP contribution in [-0.2, 0) is 4.79 Å². The molecule has 0 bridgehead atoms. The van der Waals surface area contributed by atoms with Crippen LogP contribution in [0.15, 0.2) is 18.2 Å². The molecule has 5 N–H and O–H groups in total. The van der Waals surface area contributed by atoms with Crippen molar-refractivity contribution < 1.29 is 19.5 Å². The van der Waals surface area contributed by atoms with Gasteiger partial charge in [-0.05, 0) is 31.5 Å². The minimum absolute atomic E-state index is 0.0293. The monoisotopic (exact) mass is 279 g/mol. The molecule has 1 aromatic rings. The maximum absolute atomic E-state index is 11.7. The number of hydrogen-bond donors (Lipinski definition) is 4. The lowest BCUT2D eigenvalue weighted by atomic mass is 10.1. The average Bonchev–Trinajstić information content (AvgIpc) is 2.29. The summed E-state index contributed by atoms with van der Waals surface area (Å²) in [5.74, 6) is -1.57. The number of carboxylic acid groups (broad SMARTS) is 1. The highest BCUT2D eigenvalue weighted by Gasteiger charge is 2.13. The number of carbonyl (C=O) groups is 3. The van der Waals surface area contributed by atoms with E-state index in [1.165, 1.54) is 6.07 Å². The average molecular weight is 279 g/mol. The lowest BCUT2D eigenvalue weighted by Crippen LogP contribution is -2.38. The second kappa shape index (κ2) is 6.55. The Kier molecular flexibility index (Phi) is 5.08. The lowest BCUT2D eigenvalue weighted by Gasteiger charge is -2.15. The third kappa shape index (κ3) is 4.27. The van der Waals surface area contributed by atoms with E-state index in [1.807, 2.05) is 0 Å². The summed E-state index contributed by atoms with van der Waals surface area (Å²) in [7, 11) is 0. The maximum atomic E-state index is 11.7. The van der Waals surface area contributed by atoms with Crippen LogP contribution < -0.4 is 16.4 Å². The van der Waals surface area contributed by atoms with Crippen molar-refractivity contribution in [3.05, 3.63) is 29.3 Å². The summed E-state index contributed by atoms with van der Waals surface area (Å²) in [6.07, 6.45) is 0.0293. The molecule has 1 aromatic carbocycles. The predicted molar refractivity (Wildman–Crippen MR) is 73.6 cm³/mol. The zero-order chi connectivity index (χ0) is 15.3. The molecule has 0 aliphatic rings. The standard InChI is InChI=1S/C13H17N3O4/c1-7(6-11(14)17)15-13(20)16-10-5-3-4-9(8(10)2)12(18)19/h3-5,7H,6H2,1-2H3,(H2,14,17)(H,18,19)(H2,15,16,20). The topological polar surface area (TPSA) is 122 Å². The van der Waals surface area contributed by atoms with Crippen molar-refractivity contribution in [1.29, 1.82) is 0 Å². The molecule has 3 amide bonds. The summed E-state index contributed by atoms with van der Waals surface area (Å²) < 4.78 is 0. The summed E-state index contributed by atoms with van der Waals surface area (Å²) >= 11 is 0. The van der Waals surface area contributed by atoms with E-state index in [4.69, 9.17) is 10.8 Å². The van der Waals surface area contributed by atoms with Crippen molar-refractivity contribution in [1.82, 2.24) is 5.32 Å². The Morgan fingerprint density at radius 2 is 2.00 bits per heavy atom. The molecule has 0 saturated heterocycles. The highest BCUT2D eigenvalue weighted by atomic mass is 16.4. The van der Waals surface area contributed by atoms with Crippen molar-refractivity contribution in [3.8, 4) is 0 Å². The zero-order valence-corrected chi connectivity index (χ0v) is 11.3. The van der Waals surface area contributed by atoms with Crippen molar-refractivity contribution in [2.75, 3.05) is 5.32 Å². The first kappa shape index (κ1) is 15.5. The summed E-state index contributed by atoms with van der Waals surface area (Å²) in [6, 6.07) is 3.66. The number of carboxylic acids is 1. The van der Waals surface area contributed by atoms with Gasteiger partial charge in [0, 0.05) is 18.2 Å². The van der Waals surface area contributed by atoms with E-state index < -0.39 is 23.9 Å². The largest absolute Gasteiger partial charge is 0.478 e. The molecule has 7 heteroatoms. The minimum Gasteiger partial charge on any atom is -0.478 e. The number of rotatable bonds is 5. The van der Waals surface area contributed by atoms with Gasteiger partial charge in [0.2, 0.25) is 5.91 Å². The number of benzene rings is 1. The molecular weight excluding hydrogens is 262 g/mol. The molecule has 0 aromatic heterocycles. The minimum atomic E-state index is -1.06. The number of carbonyl (C=O) groups excluding carboxylic acids is 2. The van der Waals surface area contributed by atoms with Crippen molar-refractivity contribution >= 4 is 23.6 Å². The number of anilines is 1. The van der Waals surface area contributed by atoms with Crippen LogP contribution in [0.1, 0.15) is 29.3 Å². The highest BCUT2D eigenvalue weighted by molar-refractivity contribution is 5.95. The second-order valence-corrected chi connectivity index (χ2v) is 4.45. The van der Waals surface area contributed by atoms with E-state index in [0.717, 1.165) is 0 Å². The van der Waals surface area contributed by atoms with Gasteiger partial charge >= 0.3 is 12.0 Å². The first-order chi connectivity index (χ1) is 9.31. The van der Waals surface area contributed by atoms with E-state index in [1.54, 1.807) is 26.0 Å². The van der Waals surface area contributed by atoms with Crippen LogP contribution in [0.2, 0.25) is 0 Å². The fourth-order valence-corrected chi connectivity index (χ4v) is 1.74. The molecule has 0 fully saturated rings. The fourth-order valence-electron chi connectivity index (χ4n) is 1.74. The van der Waals surface area contributed by atoms with Crippen LogP contribution >= 0.6 is 0 Å². The maximum Gasteiger partial charge on any atom is 0.336 e. The van der Waals surface area contributed by atoms with Gasteiger partial charge in [-0.25, -0.2) is 9.59 Å². The van der Waals surface area contributed by atoms with Gasteiger partial charge in [-0.3, -0.25) is 4.79 Å². The van der Waals surface area contributed by atoms with E-state index in [-0.39, 0.29) is 12.0 Å². The van der Waals surface area contributed by atoms with E-state index in [0.29, 0.717) is 11.3 Å². The number of primary amides is 1. The summed E-state index contributed by atoms with van der Waals surface area (Å²) in [5.41, 5.74) is 5.99. The first-order valence-electron chi connectivity index (χ1n) is 6.00. The number of hydrogen-bond acceptors (Lipinski definition) is 3. The molecule has 0 radical (unpaired) electrons. The molecular formula is C13H17N3O4. The van der Waals surface area contributed by atoms with Gasteiger partial charge in [0.15, 0.2) is 0 Å². The molecule has 0 aliphatic heterocycles. The Labute approximate surface area is 116 Å². The normalized spacial score (nSPS) is 11.5. The molecule has 0 saturated carbocycles. The van der Waals surface area contributed by atoms with Gasteiger partial charge in [-0.1, -0.05) is 6.07 Å². The molecule has 1 unspecified atom stereocenters. The smallest absolute Gasteiger partial charge is 0.336 e. The lowest BCUT2D eigenvalue weighted by molar-refractivity contribution is -0.118. The fraction of sp³-hybridized carbons (Fsp3) is 0.308. The summed E-state index contributed by atoms with van der Waals surface area (Å²) in [5, 5.41) is 14.1. The Morgan fingerprint density at radius 3 is 2.55 bits per heavy atom. The van der Waals surface area contributed by atoms with E-state index in [2.05, 4.69) is 10.6 Å². The van der Waals surface area contributed by atoms with Crippen LogP contribution in [0, 0.1) is 6.92 Å². The Hall–Kier alpha value is -2.57. The Balaban J connectivity index is 2.74. The Morgan fingerprint density at radius 1 is 1.35 bits per heavy atom. The molecule has 0 spiro atoms. The summed E-state index contributed by atoms with van der Waals surface area (Å²) in [6.45, 7) is 3.25. The van der Waals surface area contributed by atoms with Crippen molar-refractivity contribution in [3.63, 3.8) is 0 Å². The molecule has 7 nitrogen and oxygen atoms in total. The number of amides is 3. The zero-order valence-electron chi connectivity index (χ0n) is 11.3. The summed E-state index contributed by atoms with van der Waals surface area (Å²) in [4.78, 5) is 33.4. The third-order valence-corrected chi connectivity index (χ3v) is 2.70. The third-order valence-electron chi connectivity index (χ3n) is 2.70. The number of nitrogens with two attached hydrogens (primary N) is 1. The molecule has 0 heterocycles. The van der Waals surface area contributed by atoms with Gasteiger partial charge < -0.3 is 21.5 Å². The van der Waals surface area contributed by atoms with Crippen molar-refractivity contribution in [2.45, 2.75) is 26.3 Å². The molecule has 108 valence electrons. The Bertz CT molecular complexity index is 542. The van der Waals surface area contributed by atoms with Crippen molar-refractivity contribution in [2.24, 2.45) is 5.73 Å². The molecule has 20 heavy (non-hydrogen) atoms. The predicted octanol–water partition coefficient (Wildman–Crippen LogP) is 1.08. The first-order valence-corrected chi connectivity index (χ1v) is 6.00. The van der Waals surface area contributed by atoms with E-state index >= 15 is 0 Å². The molecule has 0 aliphatic carbocycles. The SMILES string of the molecule is Cc1c(NC(=O)NC(C)CC(N)=O)cccc1C(=O)O. The highest BCUT2D eigenvalue weighted by Crippen LogP contribution is 2.18.